The minimum atomic E-state index is 0.558. The minimum absolute atomic E-state index is 0.558. The standard InChI is InChI=1S/C13H17BrCl2/c1-9(2)8-11(14)7-6-10-4-3-5-12(15)13(10)16/h3-5,9,11H,6-8H2,1-2H3. The van der Waals surface area contributed by atoms with Gasteiger partial charge in [0.2, 0.25) is 0 Å². The van der Waals surface area contributed by atoms with Crippen LogP contribution in [0.1, 0.15) is 32.3 Å². The third-order valence-electron chi connectivity index (χ3n) is 2.49. The monoisotopic (exact) mass is 322 g/mol. The summed E-state index contributed by atoms with van der Waals surface area (Å²) in [7, 11) is 0. The lowest BCUT2D eigenvalue weighted by Gasteiger charge is -2.13. The molecule has 1 rings (SSSR count). The smallest absolute Gasteiger partial charge is 0.0624 e. The summed E-state index contributed by atoms with van der Waals surface area (Å²) in [5, 5.41) is 1.35. The van der Waals surface area contributed by atoms with E-state index in [4.69, 9.17) is 23.2 Å². The van der Waals surface area contributed by atoms with E-state index in [1.165, 1.54) is 6.42 Å². The maximum atomic E-state index is 6.14. The summed E-state index contributed by atoms with van der Waals surface area (Å²) in [5.41, 5.74) is 1.14. The van der Waals surface area contributed by atoms with Gasteiger partial charge in [-0.05, 0) is 36.8 Å². The molecule has 1 aromatic rings. The zero-order valence-electron chi connectivity index (χ0n) is 9.64. The lowest BCUT2D eigenvalue weighted by molar-refractivity contribution is 0.554. The molecule has 1 unspecified atom stereocenters. The Morgan fingerprint density at radius 1 is 1.25 bits per heavy atom. The van der Waals surface area contributed by atoms with E-state index in [2.05, 4.69) is 29.8 Å². The van der Waals surface area contributed by atoms with Crippen molar-refractivity contribution in [2.45, 2.75) is 37.9 Å². The van der Waals surface area contributed by atoms with Gasteiger partial charge in [-0.2, -0.15) is 0 Å². The van der Waals surface area contributed by atoms with Crippen molar-refractivity contribution in [1.82, 2.24) is 0 Å². The normalized spacial score (nSPS) is 13.1. The summed E-state index contributed by atoms with van der Waals surface area (Å²) in [6, 6.07) is 5.83. The minimum Gasteiger partial charge on any atom is -0.0890 e. The van der Waals surface area contributed by atoms with E-state index in [0.29, 0.717) is 14.9 Å². The highest BCUT2D eigenvalue weighted by Gasteiger charge is 2.09. The number of aryl methyl sites for hydroxylation is 1. The van der Waals surface area contributed by atoms with Crippen LogP contribution in [0.4, 0.5) is 0 Å². The van der Waals surface area contributed by atoms with Gasteiger partial charge >= 0.3 is 0 Å². The molecule has 0 bridgehead atoms. The van der Waals surface area contributed by atoms with Crippen LogP contribution in [-0.4, -0.2) is 4.83 Å². The van der Waals surface area contributed by atoms with Crippen LogP contribution in [0, 0.1) is 5.92 Å². The zero-order chi connectivity index (χ0) is 12.1. The van der Waals surface area contributed by atoms with Crippen molar-refractivity contribution in [2.24, 2.45) is 5.92 Å². The summed E-state index contributed by atoms with van der Waals surface area (Å²) < 4.78 is 0. The first-order valence-corrected chi connectivity index (χ1v) is 7.24. The SMILES string of the molecule is CC(C)CC(Br)CCc1cccc(Cl)c1Cl. The molecular formula is C13H17BrCl2. The molecule has 0 aliphatic heterocycles. The molecule has 0 fully saturated rings. The largest absolute Gasteiger partial charge is 0.0890 e. The highest BCUT2D eigenvalue weighted by atomic mass is 79.9. The lowest BCUT2D eigenvalue weighted by Crippen LogP contribution is -2.04. The summed E-state index contributed by atoms with van der Waals surface area (Å²) in [6.07, 6.45) is 3.26. The third-order valence-corrected chi connectivity index (χ3v) is 4.18. The molecule has 0 nitrogen and oxygen atoms in total. The number of rotatable bonds is 5. The van der Waals surface area contributed by atoms with E-state index < -0.39 is 0 Å². The Hall–Kier alpha value is 0.280. The third kappa shape index (κ3) is 4.65. The van der Waals surface area contributed by atoms with Gasteiger partial charge in [0.05, 0.1) is 10.0 Å². The molecule has 0 aliphatic carbocycles. The Balaban J connectivity index is 2.51. The Labute approximate surface area is 116 Å². The highest BCUT2D eigenvalue weighted by molar-refractivity contribution is 9.09. The second-order valence-corrected chi connectivity index (χ2v) is 6.56. The van der Waals surface area contributed by atoms with Crippen molar-refractivity contribution in [3.8, 4) is 0 Å². The molecule has 1 atom stereocenters. The van der Waals surface area contributed by atoms with Crippen LogP contribution < -0.4 is 0 Å². The fourth-order valence-electron chi connectivity index (χ4n) is 1.68. The fourth-order valence-corrected chi connectivity index (χ4v) is 3.07. The zero-order valence-corrected chi connectivity index (χ0v) is 12.7. The molecule has 0 N–H and O–H groups in total. The molecule has 0 amide bonds. The highest BCUT2D eigenvalue weighted by Crippen LogP contribution is 2.28. The molecule has 16 heavy (non-hydrogen) atoms. The van der Waals surface area contributed by atoms with Gasteiger partial charge in [0.1, 0.15) is 0 Å². The van der Waals surface area contributed by atoms with E-state index in [9.17, 15) is 0 Å². The van der Waals surface area contributed by atoms with Crippen LogP contribution >= 0.6 is 39.1 Å². The average molecular weight is 324 g/mol. The second kappa shape index (κ2) is 6.88. The number of alkyl halides is 1. The second-order valence-electron chi connectivity index (χ2n) is 4.48. The first-order chi connectivity index (χ1) is 7.50. The molecule has 0 spiro atoms. The van der Waals surface area contributed by atoms with Gasteiger partial charge in [-0.15, -0.1) is 0 Å². The van der Waals surface area contributed by atoms with Crippen LogP contribution in [-0.2, 0) is 6.42 Å². The molecular weight excluding hydrogens is 307 g/mol. The topological polar surface area (TPSA) is 0 Å². The Morgan fingerprint density at radius 3 is 2.56 bits per heavy atom. The van der Waals surface area contributed by atoms with Gasteiger partial charge in [-0.25, -0.2) is 0 Å². The van der Waals surface area contributed by atoms with Crippen LogP contribution in [0.25, 0.3) is 0 Å². The van der Waals surface area contributed by atoms with Gasteiger partial charge < -0.3 is 0 Å². The van der Waals surface area contributed by atoms with Crippen molar-refractivity contribution >= 4 is 39.1 Å². The van der Waals surface area contributed by atoms with Crippen molar-refractivity contribution in [2.75, 3.05) is 0 Å². The van der Waals surface area contributed by atoms with Crippen LogP contribution in [0.5, 0.6) is 0 Å². The molecule has 0 saturated carbocycles. The molecule has 90 valence electrons. The quantitative estimate of drug-likeness (QED) is 0.606. The molecule has 0 aliphatic rings. The number of hydrogen-bond donors (Lipinski definition) is 0. The molecule has 0 saturated heterocycles. The summed E-state index contributed by atoms with van der Waals surface area (Å²) in [4.78, 5) is 0.558. The van der Waals surface area contributed by atoms with Gasteiger partial charge in [-0.1, -0.05) is 65.1 Å². The maximum Gasteiger partial charge on any atom is 0.0624 e. The summed E-state index contributed by atoms with van der Waals surface area (Å²) >= 11 is 15.8. The molecule has 3 heteroatoms. The van der Waals surface area contributed by atoms with Gasteiger partial charge in [0.15, 0.2) is 0 Å². The molecule has 0 radical (unpaired) electrons. The predicted molar refractivity (Wildman–Crippen MR) is 77.0 cm³/mol. The fraction of sp³-hybridized carbons (Fsp3) is 0.538. The van der Waals surface area contributed by atoms with Gasteiger partial charge in [-0.3, -0.25) is 0 Å². The van der Waals surface area contributed by atoms with Crippen molar-refractivity contribution in [3.05, 3.63) is 33.8 Å². The Morgan fingerprint density at radius 2 is 1.94 bits per heavy atom. The number of halogens is 3. The summed E-state index contributed by atoms with van der Waals surface area (Å²) in [5.74, 6) is 0.721. The van der Waals surface area contributed by atoms with Crippen molar-refractivity contribution < 1.29 is 0 Å². The van der Waals surface area contributed by atoms with E-state index in [-0.39, 0.29) is 0 Å². The first-order valence-electron chi connectivity index (χ1n) is 5.57. The van der Waals surface area contributed by atoms with E-state index >= 15 is 0 Å². The van der Waals surface area contributed by atoms with Crippen LogP contribution in [0.3, 0.4) is 0 Å². The molecule has 1 aromatic carbocycles. The van der Waals surface area contributed by atoms with E-state index in [1.807, 2.05) is 18.2 Å². The van der Waals surface area contributed by atoms with Crippen LogP contribution in [0.2, 0.25) is 10.0 Å². The summed E-state index contributed by atoms with van der Waals surface area (Å²) in [6.45, 7) is 4.47. The lowest BCUT2D eigenvalue weighted by atomic mass is 10.0. The van der Waals surface area contributed by atoms with E-state index in [1.54, 1.807) is 0 Å². The van der Waals surface area contributed by atoms with E-state index in [0.717, 1.165) is 24.3 Å². The number of hydrogen-bond acceptors (Lipinski definition) is 0. The van der Waals surface area contributed by atoms with Crippen molar-refractivity contribution in [1.29, 1.82) is 0 Å². The average Bonchev–Trinajstić information content (AvgIpc) is 2.19. The Bertz CT molecular complexity index is 337. The molecule has 0 heterocycles. The molecule has 0 aromatic heterocycles. The predicted octanol–water partition coefficient (Wildman–Crippen LogP) is 5.74. The van der Waals surface area contributed by atoms with Gasteiger partial charge in [0.25, 0.3) is 0 Å². The van der Waals surface area contributed by atoms with Crippen LogP contribution in [0.15, 0.2) is 18.2 Å². The van der Waals surface area contributed by atoms with Crippen molar-refractivity contribution in [3.63, 3.8) is 0 Å². The number of benzene rings is 1. The maximum absolute atomic E-state index is 6.14. The Kier molecular flexibility index (Phi) is 6.17. The first kappa shape index (κ1) is 14.3. The van der Waals surface area contributed by atoms with Gasteiger partial charge in [0, 0.05) is 4.83 Å².